The number of hydrogen-bond acceptors (Lipinski definition) is 4. The van der Waals surface area contributed by atoms with E-state index >= 15 is 0 Å². The average molecular weight is 406 g/mol. The van der Waals surface area contributed by atoms with Crippen molar-refractivity contribution < 1.29 is 9.90 Å². The van der Waals surface area contributed by atoms with Crippen molar-refractivity contribution in [1.82, 2.24) is 10.2 Å². The maximum Gasteiger partial charge on any atom is 0.181 e. The van der Waals surface area contributed by atoms with Gasteiger partial charge in [0.25, 0.3) is 0 Å². The van der Waals surface area contributed by atoms with Crippen LogP contribution in [-0.4, -0.2) is 27.3 Å². The predicted octanol–water partition coefficient (Wildman–Crippen LogP) is 5.70. The lowest BCUT2D eigenvalue weighted by Crippen LogP contribution is -2.19. The van der Waals surface area contributed by atoms with Crippen molar-refractivity contribution in [1.29, 1.82) is 0 Å². The Hall–Kier alpha value is -3.18. The fraction of sp³-hybridized carbons (Fsp3) is 0.174. The number of carbonyl (C=O) groups excluding carboxylic acids is 1. The first-order valence-corrected chi connectivity index (χ1v) is 9.76. The van der Waals surface area contributed by atoms with E-state index in [1.807, 2.05) is 55.5 Å². The molecule has 2 N–H and O–H groups in total. The molecule has 5 nitrogen and oxygen atoms in total. The highest BCUT2D eigenvalue weighted by Crippen LogP contribution is 2.35. The molecule has 6 heteroatoms. The van der Waals surface area contributed by atoms with Crippen LogP contribution in [0.3, 0.4) is 0 Å². The van der Waals surface area contributed by atoms with E-state index in [2.05, 4.69) is 15.2 Å². The summed E-state index contributed by atoms with van der Waals surface area (Å²) in [5.41, 5.74) is 3.94. The Balaban J connectivity index is 1.61. The van der Waals surface area contributed by atoms with E-state index in [9.17, 15) is 9.90 Å². The lowest BCUT2D eigenvalue weighted by Gasteiger charge is -2.22. The lowest BCUT2D eigenvalue weighted by molar-refractivity contribution is -0.116. The first-order chi connectivity index (χ1) is 14.0. The summed E-state index contributed by atoms with van der Waals surface area (Å²) in [6.07, 6.45) is 2.10. The van der Waals surface area contributed by atoms with Gasteiger partial charge in [-0.05, 0) is 36.1 Å². The van der Waals surface area contributed by atoms with Crippen molar-refractivity contribution in [2.45, 2.75) is 25.7 Å². The number of ketones is 1. The SMILES string of the molecule is Cc1[nH]nc(N=CC2=C(O)CC(c3cccc(Cl)c3)CC2=O)c1-c1ccccc1. The van der Waals surface area contributed by atoms with E-state index in [1.165, 1.54) is 6.21 Å². The quantitative estimate of drug-likeness (QED) is 0.546. The van der Waals surface area contributed by atoms with Gasteiger partial charge in [-0.15, -0.1) is 0 Å². The van der Waals surface area contributed by atoms with E-state index in [0.29, 0.717) is 23.7 Å². The molecule has 0 saturated heterocycles. The number of hydrogen-bond donors (Lipinski definition) is 2. The summed E-state index contributed by atoms with van der Waals surface area (Å²) in [6.45, 7) is 1.92. The van der Waals surface area contributed by atoms with Crippen LogP contribution in [0.2, 0.25) is 5.02 Å². The molecule has 1 unspecified atom stereocenters. The zero-order chi connectivity index (χ0) is 20.4. The lowest BCUT2D eigenvalue weighted by atomic mass is 9.83. The van der Waals surface area contributed by atoms with Crippen LogP contribution in [0.15, 0.2) is 70.9 Å². The maximum absolute atomic E-state index is 12.7. The summed E-state index contributed by atoms with van der Waals surface area (Å²) in [5, 5.41) is 18.3. The molecule has 0 amide bonds. The first kappa shape index (κ1) is 19.2. The van der Waals surface area contributed by atoms with Gasteiger partial charge >= 0.3 is 0 Å². The van der Waals surface area contributed by atoms with E-state index in [1.54, 1.807) is 6.07 Å². The highest BCUT2D eigenvalue weighted by atomic mass is 35.5. The first-order valence-electron chi connectivity index (χ1n) is 9.38. The molecule has 0 saturated carbocycles. The van der Waals surface area contributed by atoms with Gasteiger partial charge in [0, 0.05) is 35.3 Å². The third kappa shape index (κ3) is 4.00. The topological polar surface area (TPSA) is 78.3 Å². The zero-order valence-corrected chi connectivity index (χ0v) is 16.6. The molecule has 146 valence electrons. The molecule has 1 aliphatic carbocycles. The molecule has 29 heavy (non-hydrogen) atoms. The number of aryl methyl sites for hydroxylation is 1. The van der Waals surface area contributed by atoms with E-state index < -0.39 is 0 Å². The second kappa shape index (κ2) is 8.05. The summed E-state index contributed by atoms with van der Waals surface area (Å²) in [4.78, 5) is 17.1. The number of halogens is 1. The van der Waals surface area contributed by atoms with E-state index in [4.69, 9.17) is 11.6 Å². The normalized spacial score (nSPS) is 17.3. The molecular formula is C23H20ClN3O2. The third-order valence-electron chi connectivity index (χ3n) is 5.11. The highest BCUT2D eigenvalue weighted by Gasteiger charge is 2.28. The maximum atomic E-state index is 12.7. The minimum absolute atomic E-state index is 0.0449. The van der Waals surface area contributed by atoms with E-state index in [-0.39, 0.29) is 23.0 Å². The van der Waals surface area contributed by atoms with Crippen LogP contribution in [-0.2, 0) is 4.79 Å². The summed E-state index contributed by atoms with van der Waals surface area (Å²) in [6, 6.07) is 17.2. The van der Waals surface area contributed by atoms with Crippen molar-refractivity contribution >= 4 is 29.4 Å². The van der Waals surface area contributed by atoms with Gasteiger partial charge in [-0.1, -0.05) is 54.1 Å². The molecule has 0 bridgehead atoms. The van der Waals surface area contributed by atoms with Crippen molar-refractivity contribution in [3.63, 3.8) is 0 Å². The second-order valence-electron chi connectivity index (χ2n) is 7.12. The zero-order valence-electron chi connectivity index (χ0n) is 15.9. The van der Waals surface area contributed by atoms with Gasteiger partial charge in [0.1, 0.15) is 5.76 Å². The largest absolute Gasteiger partial charge is 0.511 e. The summed E-state index contributed by atoms with van der Waals surface area (Å²) < 4.78 is 0. The smallest absolute Gasteiger partial charge is 0.181 e. The van der Waals surface area contributed by atoms with Crippen LogP contribution in [0.1, 0.15) is 30.0 Å². The summed E-state index contributed by atoms with van der Waals surface area (Å²) in [5.74, 6) is 0.295. The van der Waals surface area contributed by atoms with Gasteiger partial charge in [-0.2, -0.15) is 5.10 Å². The number of aliphatic hydroxyl groups is 1. The Morgan fingerprint density at radius 2 is 1.97 bits per heavy atom. The second-order valence-corrected chi connectivity index (χ2v) is 7.55. The number of benzene rings is 2. The molecule has 0 spiro atoms. The Bertz CT molecular complexity index is 1120. The number of carbonyl (C=O) groups is 1. The molecule has 1 aliphatic rings. The van der Waals surface area contributed by atoms with Gasteiger partial charge in [-0.25, -0.2) is 4.99 Å². The minimum atomic E-state index is -0.143. The number of nitrogens with zero attached hydrogens (tertiary/aromatic N) is 2. The summed E-state index contributed by atoms with van der Waals surface area (Å²) >= 11 is 6.06. The molecule has 0 aliphatic heterocycles. The molecule has 1 heterocycles. The van der Waals surface area contributed by atoms with Crippen molar-refractivity contribution in [3.8, 4) is 11.1 Å². The van der Waals surface area contributed by atoms with Crippen LogP contribution >= 0.6 is 11.6 Å². The Morgan fingerprint density at radius 3 is 2.69 bits per heavy atom. The van der Waals surface area contributed by atoms with Gasteiger partial charge in [0.2, 0.25) is 0 Å². The van der Waals surface area contributed by atoms with Crippen LogP contribution in [0, 0.1) is 6.92 Å². The van der Waals surface area contributed by atoms with Crippen LogP contribution in [0.4, 0.5) is 5.82 Å². The fourth-order valence-corrected chi connectivity index (χ4v) is 3.84. The van der Waals surface area contributed by atoms with Gasteiger partial charge in [-0.3, -0.25) is 9.89 Å². The average Bonchev–Trinajstić information content (AvgIpc) is 3.08. The van der Waals surface area contributed by atoms with Gasteiger partial charge < -0.3 is 5.11 Å². The van der Waals surface area contributed by atoms with Gasteiger partial charge in [0.15, 0.2) is 11.6 Å². The Kier molecular flexibility index (Phi) is 5.32. The number of aromatic amines is 1. The molecule has 2 aromatic carbocycles. The van der Waals surface area contributed by atoms with Crippen LogP contribution < -0.4 is 0 Å². The standard InChI is InChI=1S/C23H20ClN3O2/c1-14-22(15-6-3-2-4-7-15)23(27-26-14)25-13-19-20(28)11-17(12-21(19)29)16-8-5-9-18(24)10-16/h2-10,13,17,28H,11-12H2,1H3,(H,26,27). The number of aliphatic imine (C=N–C) groups is 1. The summed E-state index contributed by atoms with van der Waals surface area (Å²) in [7, 11) is 0. The number of aliphatic hydroxyl groups excluding tert-OH is 1. The fourth-order valence-electron chi connectivity index (χ4n) is 3.64. The molecule has 0 radical (unpaired) electrons. The predicted molar refractivity (Wildman–Crippen MR) is 115 cm³/mol. The number of rotatable bonds is 4. The molecule has 3 aromatic rings. The van der Waals surface area contributed by atoms with Crippen LogP contribution in [0.25, 0.3) is 11.1 Å². The molecule has 0 fully saturated rings. The number of H-pyrrole nitrogens is 1. The molecular weight excluding hydrogens is 386 g/mol. The van der Waals surface area contributed by atoms with Crippen molar-refractivity contribution in [2.24, 2.45) is 4.99 Å². The monoisotopic (exact) mass is 405 g/mol. The number of allylic oxidation sites excluding steroid dienone is 2. The number of Topliss-reactive ketones (excluding diaryl/α,β-unsaturated/α-hetero) is 1. The molecule has 1 atom stereocenters. The molecule has 4 rings (SSSR count). The Morgan fingerprint density at radius 1 is 1.17 bits per heavy atom. The number of nitrogens with one attached hydrogen (secondary N) is 1. The minimum Gasteiger partial charge on any atom is -0.511 e. The van der Waals surface area contributed by atoms with E-state index in [0.717, 1.165) is 22.4 Å². The highest BCUT2D eigenvalue weighted by molar-refractivity contribution is 6.30. The third-order valence-corrected chi connectivity index (χ3v) is 5.34. The van der Waals surface area contributed by atoms with Crippen molar-refractivity contribution in [2.75, 3.05) is 0 Å². The Labute approximate surface area is 173 Å². The number of aromatic nitrogens is 2. The van der Waals surface area contributed by atoms with Gasteiger partial charge in [0.05, 0.1) is 5.57 Å². The van der Waals surface area contributed by atoms with Crippen molar-refractivity contribution in [3.05, 3.63) is 82.2 Å². The molecule has 1 aromatic heterocycles. The van der Waals surface area contributed by atoms with Crippen LogP contribution in [0.5, 0.6) is 0 Å².